The van der Waals surface area contributed by atoms with Gasteiger partial charge in [-0.15, -0.1) is 0 Å². The molecule has 0 aliphatic heterocycles. The van der Waals surface area contributed by atoms with Crippen LogP contribution in [0.4, 0.5) is 13.2 Å². The van der Waals surface area contributed by atoms with E-state index in [1.54, 1.807) is 30.3 Å². The fourth-order valence-electron chi connectivity index (χ4n) is 1.87. The van der Waals surface area contributed by atoms with Crippen LogP contribution >= 0.6 is 0 Å². The zero-order chi connectivity index (χ0) is 16.3. The number of alkyl halides is 3. The van der Waals surface area contributed by atoms with Crippen LogP contribution < -0.4 is 5.32 Å². The van der Waals surface area contributed by atoms with Crippen LogP contribution in [0.2, 0.25) is 0 Å². The molecule has 2 aromatic rings. The van der Waals surface area contributed by atoms with Gasteiger partial charge in [-0.3, -0.25) is 9.48 Å². The molecule has 118 valence electrons. The summed E-state index contributed by atoms with van der Waals surface area (Å²) >= 11 is 0. The molecule has 0 bridgehead atoms. The number of aromatic nitrogens is 2. The second-order valence-corrected chi connectivity index (χ2v) is 4.67. The van der Waals surface area contributed by atoms with E-state index >= 15 is 0 Å². The van der Waals surface area contributed by atoms with Crippen molar-refractivity contribution in [2.45, 2.75) is 18.8 Å². The Labute approximate surface area is 124 Å². The minimum Gasteiger partial charge on any atom is -0.378 e. The lowest BCUT2D eigenvalue weighted by Gasteiger charge is -2.11. The predicted molar refractivity (Wildman–Crippen MR) is 71.5 cm³/mol. The van der Waals surface area contributed by atoms with Gasteiger partial charge >= 0.3 is 6.18 Å². The summed E-state index contributed by atoms with van der Waals surface area (Å²) in [5.41, 5.74) is -0.440. The van der Waals surface area contributed by atoms with Crippen molar-refractivity contribution in [3.8, 4) is 0 Å². The van der Waals surface area contributed by atoms with Gasteiger partial charge in [0, 0.05) is 7.05 Å². The quantitative estimate of drug-likeness (QED) is 0.904. The number of aryl methyl sites for hydroxylation is 1. The van der Waals surface area contributed by atoms with Gasteiger partial charge in [0.25, 0.3) is 5.91 Å². The van der Waals surface area contributed by atoms with Crippen molar-refractivity contribution >= 4 is 5.91 Å². The van der Waals surface area contributed by atoms with E-state index in [9.17, 15) is 23.1 Å². The van der Waals surface area contributed by atoms with Crippen molar-refractivity contribution in [2.75, 3.05) is 0 Å². The number of aliphatic hydroxyl groups is 1. The second kappa shape index (κ2) is 6.18. The van der Waals surface area contributed by atoms with Crippen LogP contribution in [-0.2, 0) is 24.6 Å². The molecule has 0 aliphatic carbocycles. The van der Waals surface area contributed by atoms with E-state index in [-0.39, 0.29) is 12.2 Å². The first-order chi connectivity index (χ1) is 10.3. The van der Waals surface area contributed by atoms with E-state index in [0.717, 1.165) is 10.7 Å². The summed E-state index contributed by atoms with van der Waals surface area (Å²) in [6.45, 7) is -0.164. The highest BCUT2D eigenvalue weighted by Gasteiger charge is 2.34. The minimum atomic E-state index is -4.54. The Kier molecular flexibility index (Phi) is 4.51. The summed E-state index contributed by atoms with van der Waals surface area (Å²) in [5, 5.41) is 15.6. The van der Waals surface area contributed by atoms with Crippen molar-refractivity contribution in [2.24, 2.45) is 7.05 Å². The molecule has 22 heavy (non-hydrogen) atoms. The molecule has 1 aromatic carbocycles. The van der Waals surface area contributed by atoms with Gasteiger partial charge in [-0.1, -0.05) is 30.3 Å². The van der Waals surface area contributed by atoms with E-state index in [1.807, 2.05) is 0 Å². The van der Waals surface area contributed by atoms with Crippen LogP contribution in [0, 0.1) is 0 Å². The number of amides is 1. The van der Waals surface area contributed by atoms with Crippen molar-refractivity contribution < 1.29 is 23.1 Å². The molecule has 0 saturated carbocycles. The Morgan fingerprint density at radius 1 is 1.36 bits per heavy atom. The van der Waals surface area contributed by atoms with E-state index in [1.165, 1.54) is 7.05 Å². The highest BCUT2D eigenvalue weighted by Crippen LogP contribution is 2.28. The molecule has 0 spiro atoms. The molecular formula is C14H14F3N3O2. The number of carbonyl (C=O) groups excluding carboxylic acids is 1. The Bertz CT molecular complexity index is 653. The molecule has 5 nitrogen and oxygen atoms in total. The number of hydrogen-bond donors (Lipinski definition) is 2. The van der Waals surface area contributed by atoms with Crippen LogP contribution in [-0.4, -0.2) is 20.8 Å². The van der Waals surface area contributed by atoms with Crippen molar-refractivity contribution in [1.29, 1.82) is 0 Å². The molecule has 1 heterocycles. The number of halogens is 3. The van der Waals surface area contributed by atoms with Crippen molar-refractivity contribution in [3.63, 3.8) is 0 Å². The molecule has 2 N–H and O–H groups in total. The monoisotopic (exact) mass is 313 g/mol. The highest BCUT2D eigenvalue weighted by atomic mass is 19.4. The fourth-order valence-corrected chi connectivity index (χ4v) is 1.87. The average Bonchev–Trinajstić information content (AvgIpc) is 2.86. The van der Waals surface area contributed by atoms with Gasteiger partial charge < -0.3 is 10.4 Å². The van der Waals surface area contributed by atoms with Gasteiger partial charge in [0.1, 0.15) is 0 Å². The largest absolute Gasteiger partial charge is 0.435 e. The maximum atomic E-state index is 12.5. The van der Waals surface area contributed by atoms with E-state index in [4.69, 9.17) is 0 Å². The third-order valence-electron chi connectivity index (χ3n) is 3.07. The molecule has 0 saturated heterocycles. The Morgan fingerprint density at radius 3 is 2.55 bits per heavy atom. The third kappa shape index (κ3) is 3.64. The van der Waals surface area contributed by atoms with Gasteiger partial charge in [-0.25, -0.2) is 0 Å². The zero-order valence-corrected chi connectivity index (χ0v) is 11.6. The lowest BCUT2D eigenvalue weighted by Crippen LogP contribution is -2.29. The molecule has 1 unspecified atom stereocenters. The number of rotatable bonds is 4. The smallest absolute Gasteiger partial charge is 0.378 e. The average molecular weight is 313 g/mol. The second-order valence-electron chi connectivity index (χ2n) is 4.67. The lowest BCUT2D eigenvalue weighted by molar-refractivity contribution is -0.141. The number of nitrogens with one attached hydrogen (secondary N) is 1. The Hall–Kier alpha value is -2.35. The summed E-state index contributed by atoms with van der Waals surface area (Å²) in [6, 6.07) is 9.09. The maximum Gasteiger partial charge on any atom is 0.435 e. The van der Waals surface area contributed by atoms with Crippen LogP contribution in [0.15, 0.2) is 36.4 Å². The zero-order valence-electron chi connectivity index (χ0n) is 11.6. The summed E-state index contributed by atoms with van der Waals surface area (Å²) in [7, 11) is 1.35. The molecule has 0 aliphatic rings. The summed E-state index contributed by atoms with van der Waals surface area (Å²) in [6.07, 6.45) is -5.92. The number of hydrogen-bond acceptors (Lipinski definition) is 3. The van der Waals surface area contributed by atoms with Gasteiger partial charge in [-0.2, -0.15) is 18.3 Å². The summed E-state index contributed by atoms with van der Waals surface area (Å²) in [4.78, 5) is 11.8. The van der Waals surface area contributed by atoms with E-state index in [2.05, 4.69) is 10.4 Å². The first kappa shape index (κ1) is 16.0. The van der Waals surface area contributed by atoms with Crippen LogP contribution in [0.25, 0.3) is 0 Å². The molecule has 0 radical (unpaired) electrons. The third-order valence-corrected chi connectivity index (χ3v) is 3.07. The highest BCUT2D eigenvalue weighted by molar-refractivity contribution is 5.81. The Balaban J connectivity index is 2.01. The molecular weight excluding hydrogens is 299 g/mol. The fraction of sp³-hybridized carbons (Fsp3) is 0.286. The van der Waals surface area contributed by atoms with Gasteiger partial charge in [-0.05, 0) is 11.6 Å². The lowest BCUT2D eigenvalue weighted by atomic mass is 10.1. The van der Waals surface area contributed by atoms with Crippen LogP contribution in [0.1, 0.15) is 23.1 Å². The molecule has 1 atom stereocenters. The molecule has 8 heteroatoms. The molecule has 1 amide bonds. The summed E-state index contributed by atoms with van der Waals surface area (Å²) in [5.74, 6) is -0.694. The molecule has 0 fully saturated rings. The normalized spacial score (nSPS) is 13.0. The summed E-state index contributed by atoms with van der Waals surface area (Å²) < 4.78 is 38.6. The molecule has 1 aromatic heterocycles. The van der Waals surface area contributed by atoms with Crippen molar-refractivity contribution in [1.82, 2.24) is 15.1 Å². The van der Waals surface area contributed by atoms with Crippen LogP contribution in [0.5, 0.6) is 0 Å². The van der Waals surface area contributed by atoms with Crippen LogP contribution in [0.3, 0.4) is 0 Å². The van der Waals surface area contributed by atoms with Gasteiger partial charge in [0.05, 0.1) is 12.2 Å². The number of carbonyl (C=O) groups is 1. The Morgan fingerprint density at radius 2 is 2.00 bits per heavy atom. The first-order valence-corrected chi connectivity index (χ1v) is 6.40. The topological polar surface area (TPSA) is 67.2 Å². The van der Waals surface area contributed by atoms with Gasteiger partial charge in [0.2, 0.25) is 0 Å². The molecule has 2 rings (SSSR count). The number of aliphatic hydroxyl groups excluding tert-OH is 1. The van der Waals surface area contributed by atoms with Crippen molar-refractivity contribution in [3.05, 3.63) is 53.3 Å². The maximum absolute atomic E-state index is 12.5. The first-order valence-electron chi connectivity index (χ1n) is 6.40. The SMILES string of the molecule is Cn1nc(C(F)(F)F)cc1CNC(=O)C(O)c1ccccc1. The predicted octanol–water partition coefficient (Wildman–Crippen LogP) is 1.79. The number of nitrogens with zero attached hydrogens (tertiary/aromatic N) is 2. The standard InChI is InChI=1S/C14H14F3N3O2/c1-20-10(7-11(19-20)14(15,16)17)8-18-13(22)12(21)9-5-3-2-4-6-9/h2-7,12,21H,8H2,1H3,(H,18,22). The minimum absolute atomic E-state index is 0.164. The van der Waals surface area contributed by atoms with Gasteiger partial charge in [0.15, 0.2) is 11.8 Å². The number of benzene rings is 1. The van der Waals surface area contributed by atoms with E-state index in [0.29, 0.717) is 5.56 Å². The van der Waals surface area contributed by atoms with E-state index < -0.39 is 23.9 Å².